The standard InChI is InChI=1S/C26H26F7N5O4/c27-18-13-16(3-6-19(18)35-23(41)36-20-7-8-34-21(20)39)22(40)38-11-9-37(10-12-38)14-15-1-4-17(5-2-15)24(42,25(28,29)30)26(31,32)33/h1-6,13,20,42H,7-12,14H2,(H,34,39)(H2,35,36,41). The van der Waals surface area contributed by atoms with E-state index in [-0.39, 0.29) is 36.8 Å². The minimum absolute atomic E-state index is 0.0273. The fourth-order valence-electron chi connectivity index (χ4n) is 4.69. The van der Waals surface area contributed by atoms with Crippen LogP contribution in [0.3, 0.4) is 0 Å². The van der Waals surface area contributed by atoms with Gasteiger partial charge in [-0.25, -0.2) is 9.18 Å². The van der Waals surface area contributed by atoms with Crippen LogP contribution in [0.2, 0.25) is 0 Å². The largest absolute Gasteiger partial charge is 0.430 e. The monoisotopic (exact) mass is 605 g/mol. The number of hydrogen-bond donors (Lipinski definition) is 4. The zero-order valence-corrected chi connectivity index (χ0v) is 21.8. The molecule has 2 saturated heterocycles. The van der Waals surface area contributed by atoms with Crippen LogP contribution in [0.4, 0.5) is 41.2 Å². The van der Waals surface area contributed by atoms with Crippen molar-refractivity contribution in [3.8, 4) is 0 Å². The van der Waals surface area contributed by atoms with Crippen molar-refractivity contribution in [3.63, 3.8) is 0 Å². The highest BCUT2D eigenvalue weighted by Gasteiger charge is 2.71. The highest BCUT2D eigenvalue weighted by Crippen LogP contribution is 2.50. The van der Waals surface area contributed by atoms with Gasteiger partial charge in [0.2, 0.25) is 5.91 Å². The molecule has 2 aromatic rings. The fourth-order valence-corrected chi connectivity index (χ4v) is 4.69. The molecule has 4 N–H and O–H groups in total. The average Bonchev–Trinajstić information content (AvgIpc) is 3.32. The quantitative estimate of drug-likeness (QED) is 0.378. The summed E-state index contributed by atoms with van der Waals surface area (Å²) in [4.78, 5) is 39.8. The summed E-state index contributed by atoms with van der Waals surface area (Å²) < 4.78 is 93.2. The molecule has 2 aliphatic heterocycles. The maximum absolute atomic E-state index is 14.6. The predicted molar refractivity (Wildman–Crippen MR) is 134 cm³/mol. The average molecular weight is 606 g/mol. The second-order valence-corrected chi connectivity index (χ2v) is 9.90. The number of nitrogens with zero attached hydrogens (tertiary/aromatic N) is 2. The summed E-state index contributed by atoms with van der Waals surface area (Å²) in [5.74, 6) is -1.68. The van der Waals surface area contributed by atoms with Crippen LogP contribution in [0.5, 0.6) is 0 Å². The SMILES string of the molecule is O=C(Nc1ccc(C(=O)N2CCN(Cc3ccc(C(O)(C(F)(F)F)C(F)(F)F)cc3)CC2)cc1F)NC1CCNC1=O. The van der Waals surface area contributed by atoms with E-state index in [0.717, 1.165) is 18.2 Å². The normalized spacial score (nSPS) is 18.5. The molecule has 2 fully saturated rings. The summed E-state index contributed by atoms with van der Waals surface area (Å²) in [6, 6.07) is 5.31. The van der Waals surface area contributed by atoms with E-state index in [1.165, 1.54) is 17.0 Å². The van der Waals surface area contributed by atoms with Crippen molar-refractivity contribution in [2.75, 3.05) is 38.0 Å². The van der Waals surface area contributed by atoms with Gasteiger partial charge in [-0.15, -0.1) is 0 Å². The maximum atomic E-state index is 14.6. The number of nitrogens with one attached hydrogen (secondary N) is 3. The topological polar surface area (TPSA) is 114 Å². The summed E-state index contributed by atoms with van der Waals surface area (Å²) in [5, 5.41) is 16.8. The molecule has 228 valence electrons. The Morgan fingerprint density at radius 3 is 2.10 bits per heavy atom. The van der Waals surface area contributed by atoms with Gasteiger partial charge in [-0.05, 0) is 30.2 Å². The second-order valence-electron chi connectivity index (χ2n) is 9.90. The summed E-state index contributed by atoms with van der Waals surface area (Å²) in [6.07, 6.45) is -11.5. The van der Waals surface area contributed by atoms with Crippen molar-refractivity contribution < 1.29 is 50.2 Å². The molecule has 16 heteroatoms. The lowest BCUT2D eigenvalue weighted by Crippen LogP contribution is -2.53. The van der Waals surface area contributed by atoms with Crippen LogP contribution >= 0.6 is 0 Å². The molecule has 0 bridgehead atoms. The molecule has 1 unspecified atom stereocenters. The van der Waals surface area contributed by atoms with Crippen LogP contribution in [-0.2, 0) is 16.9 Å². The molecular formula is C26H26F7N5O4. The van der Waals surface area contributed by atoms with Gasteiger partial charge < -0.3 is 26.0 Å². The number of benzene rings is 2. The molecule has 0 spiro atoms. The van der Waals surface area contributed by atoms with E-state index in [1.807, 2.05) is 4.90 Å². The Kier molecular flexibility index (Phi) is 8.68. The smallest absolute Gasteiger partial charge is 0.369 e. The number of carbonyl (C=O) groups excluding carboxylic acids is 3. The Labute approximate surface area is 234 Å². The van der Waals surface area contributed by atoms with Crippen LogP contribution in [0, 0.1) is 5.82 Å². The third kappa shape index (κ3) is 6.43. The summed E-state index contributed by atoms with van der Waals surface area (Å²) >= 11 is 0. The van der Waals surface area contributed by atoms with Gasteiger partial charge in [-0.3, -0.25) is 14.5 Å². The first kappa shape index (κ1) is 31.0. The zero-order chi connectivity index (χ0) is 30.9. The lowest BCUT2D eigenvalue weighted by atomic mass is 9.91. The molecule has 42 heavy (non-hydrogen) atoms. The minimum atomic E-state index is -5.97. The number of urea groups is 1. The van der Waals surface area contributed by atoms with Crippen molar-refractivity contribution >= 4 is 23.5 Å². The Morgan fingerprint density at radius 2 is 1.57 bits per heavy atom. The Hall–Kier alpha value is -3.92. The molecule has 0 aliphatic carbocycles. The summed E-state index contributed by atoms with van der Waals surface area (Å²) in [5.41, 5.74) is -6.12. The molecular weight excluding hydrogens is 579 g/mol. The van der Waals surface area contributed by atoms with Crippen LogP contribution in [0.15, 0.2) is 42.5 Å². The fraction of sp³-hybridized carbons (Fsp3) is 0.423. The number of halogens is 7. The van der Waals surface area contributed by atoms with Crippen LogP contribution < -0.4 is 16.0 Å². The first-order valence-electron chi connectivity index (χ1n) is 12.7. The molecule has 9 nitrogen and oxygen atoms in total. The third-order valence-corrected chi connectivity index (χ3v) is 7.08. The molecule has 2 heterocycles. The van der Waals surface area contributed by atoms with E-state index in [2.05, 4.69) is 16.0 Å². The van der Waals surface area contributed by atoms with Crippen molar-refractivity contribution in [1.82, 2.24) is 20.4 Å². The van der Waals surface area contributed by atoms with Crippen molar-refractivity contribution in [2.45, 2.75) is 37.0 Å². The summed E-state index contributed by atoms with van der Waals surface area (Å²) in [6.45, 7) is 1.65. The molecule has 4 amide bonds. The molecule has 0 saturated carbocycles. The van der Waals surface area contributed by atoms with Gasteiger partial charge in [0.1, 0.15) is 11.9 Å². The number of hydrogen-bond acceptors (Lipinski definition) is 5. The summed E-state index contributed by atoms with van der Waals surface area (Å²) in [7, 11) is 0. The number of amides is 4. The van der Waals surface area contributed by atoms with Gasteiger partial charge in [0, 0.05) is 50.4 Å². The highest BCUT2D eigenvalue weighted by atomic mass is 19.4. The van der Waals surface area contributed by atoms with Crippen molar-refractivity contribution in [3.05, 3.63) is 65.0 Å². The van der Waals surface area contributed by atoms with E-state index in [1.54, 1.807) is 0 Å². The Balaban J connectivity index is 1.31. The minimum Gasteiger partial charge on any atom is -0.369 e. The van der Waals surface area contributed by atoms with Crippen molar-refractivity contribution in [1.29, 1.82) is 0 Å². The number of carbonyl (C=O) groups is 3. The lowest BCUT2D eigenvalue weighted by Gasteiger charge is -2.35. The van der Waals surface area contributed by atoms with Gasteiger partial charge in [-0.2, -0.15) is 26.3 Å². The van der Waals surface area contributed by atoms with Crippen LogP contribution in [-0.4, -0.2) is 83.9 Å². The van der Waals surface area contributed by atoms with Gasteiger partial charge in [-0.1, -0.05) is 24.3 Å². The number of aliphatic hydroxyl groups is 1. The second kappa shape index (κ2) is 11.8. The number of rotatable bonds is 6. The van der Waals surface area contributed by atoms with E-state index in [4.69, 9.17) is 0 Å². The molecule has 2 aliphatic rings. The van der Waals surface area contributed by atoms with Crippen LogP contribution in [0.1, 0.15) is 27.9 Å². The molecule has 0 aromatic heterocycles. The Morgan fingerprint density at radius 1 is 0.952 bits per heavy atom. The zero-order valence-electron chi connectivity index (χ0n) is 21.8. The van der Waals surface area contributed by atoms with Gasteiger partial charge in [0.05, 0.1) is 5.69 Å². The van der Waals surface area contributed by atoms with E-state index >= 15 is 0 Å². The molecule has 4 rings (SSSR count). The van der Waals surface area contributed by atoms with E-state index < -0.39 is 47.3 Å². The number of anilines is 1. The van der Waals surface area contributed by atoms with E-state index in [9.17, 15) is 50.2 Å². The Bertz CT molecular complexity index is 1310. The molecule has 2 aromatic carbocycles. The van der Waals surface area contributed by atoms with Crippen molar-refractivity contribution in [2.24, 2.45) is 0 Å². The maximum Gasteiger partial charge on any atom is 0.430 e. The molecule has 0 radical (unpaired) electrons. The first-order chi connectivity index (χ1) is 19.6. The van der Waals surface area contributed by atoms with Crippen LogP contribution in [0.25, 0.3) is 0 Å². The predicted octanol–water partition coefficient (Wildman–Crippen LogP) is 3.11. The van der Waals surface area contributed by atoms with Gasteiger partial charge in [0.25, 0.3) is 11.5 Å². The van der Waals surface area contributed by atoms with E-state index in [0.29, 0.717) is 43.8 Å². The van der Waals surface area contributed by atoms with Gasteiger partial charge >= 0.3 is 18.4 Å². The number of piperazine rings is 1. The van der Waals surface area contributed by atoms with Gasteiger partial charge in [0.15, 0.2) is 0 Å². The highest BCUT2D eigenvalue weighted by molar-refractivity contribution is 5.97. The lowest BCUT2D eigenvalue weighted by molar-refractivity contribution is -0.376. The molecule has 1 atom stereocenters. The third-order valence-electron chi connectivity index (χ3n) is 7.08. The first-order valence-corrected chi connectivity index (χ1v) is 12.7. The number of alkyl halides is 6.